The lowest BCUT2D eigenvalue weighted by molar-refractivity contribution is 0.0393. The van der Waals surface area contributed by atoms with Crippen LogP contribution in [0.5, 0.6) is 0 Å². The Morgan fingerprint density at radius 3 is 1.05 bits per heavy atom. The van der Waals surface area contributed by atoms with Gasteiger partial charge in [-0.25, -0.2) is 9.59 Å². The van der Waals surface area contributed by atoms with Crippen molar-refractivity contribution < 1.29 is 43.1 Å². The number of hydrogen-bond acceptors (Lipinski definition) is 9. The Morgan fingerprint density at radius 2 is 0.732 bits per heavy atom. The summed E-state index contributed by atoms with van der Waals surface area (Å²) in [5.41, 5.74) is -0.0851. The summed E-state index contributed by atoms with van der Waals surface area (Å²) in [5, 5.41) is 0. The van der Waals surface area contributed by atoms with Crippen LogP contribution >= 0.6 is 0 Å². The molecule has 0 aromatic heterocycles. The molecule has 0 saturated carbocycles. The summed E-state index contributed by atoms with van der Waals surface area (Å²) in [6.07, 6.45) is 2.13. The van der Waals surface area contributed by atoms with E-state index in [0.717, 1.165) is 12.1 Å². The van der Waals surface area contributed by atoms with Gasteiger partial charge in [0.1, 0.15) is 25.1 Å². The number of hydrogen-bond donors (Lipinski definition) is 0. The van der Waals surface area contributed by atoms with E-state index in [2.05, 4.69) is 0 Å². The number of benzene rings is 4. The Kier molecular flexibility index (Phi) is 8.39. The zero-order valence-corrected chi connectivity index (χ0v) is 21.1. The van der Waals surface area contributed by atoms with Crippen LogP contribution in [0.25, 0.3) is 0 Å². The molecule has 0 radical (unpaired) electrons. The highest BCUT2D eigenvalue weighted by molar-refractivity contribution is 6.19. The van der Waals surface area contributed by atoms with Crippen LogP contribution in [0.3, 0.4) is 0 Å². The van der Waals surface area contributed by atoms with Crippen LogP contribution in [-0.4, -0.2) is 48.6 Å². The molecule has 0 bridgehead atoms. The van der Waals surface area contributed by atoms with Crippen molar-refractivity contribution in [2.45, 2.75) is 0 Å². The van der Waals surface area contributed by atoms with Gasteiger partial charge in [-0.2, -0.15) is 0 Å². The Balaban J connectivity index is 1.68. The van der Waals surface area contributed by atoms with Gasteiger partial charge in [-0.3, -0.25) is 28.8 Å². The molecule has 0 aliphatic rings. The van der Waals surface area contributed by atoms with Crippen molar-refractivity contribution in [3.8, 4) is 0 Å². The van der Waals surface area contributed by atoms with Crippen LogP contribution in [0.1, 0.15) is 94.0 Å². The molecule has 41 heavy (non-hydrogen) atoms. The standard InChI is InChI=1S/C32H18O9/c33-15-19-1-7-23(8-2-19)29(37)27-13-21(17-35)5-11-25(27)31(39)41-32(40)26-12-6-22(18-36)14-28(26)30(38)24-9-3-20(16-34)4-10-24/h1-18H. The molecule has 0 aliphatic carbocycles. The van der Waals surface area contributed by atoms with Crippen molar-refractivity contribution in [1.82, 2.24) is 0 Å². The molecule has 0 N–H and O–H groups in total. The number of carbonyl (C=O) groups is 8. The van der Waals surface area contributed by atoms with Crippen LogP contribution in [0, 0.1) is 0 Å². The fourth-order valence-corrected chi connectivity index (χ4v) is 3.93. The highest BCUT2D eigenvalue weighted by atomic mass is 16.6. The monoisotopic (exact) mass is 546 g/mol. The van der Waals surface area contributed by atoms with Crippen LogP contribution in [0.15, 0.2) is 84.9 Å². The smallest absolute Gasteiger partial charge is 0.346 e. The minimum atomic E-state index is -1.23. The summed E-state index contributed by atoms with van der Waals surface area (Å²) in [6, 6.07) is 18.3. The first-order chi connectivity index (χ1) is 19.8. The summed E-state index contributed by atoms with van der Waals surface area (Å²) in [4.78, 5) is 97.3. The molecular weight excluding hydrogens is 528 g/mol. The van der Waals surface area contributed by atoms with E-state index >= 15 is 0 Å². The Labute approximate surface area is 232 Å². The summed E-state index contributed by atoms with van der Waals surface area (Å²) < 4.78 is 5.04. The van der Waals surface area contributed by atoms with Crippen LogP contribution in [0.4, 0.5) is 0 Å². The molecule has 0 aliphatic heterocycles. The predicted octanol–water partition coefficient (Wildman–Crippen LogP) is 4.40. The minimum Gasteiger partial charge on any atom is -0.386 e. The average molecular weight is 546 g/mol. The van der Waals surface area contributed by atoms with Gasteiger partial charge in [-0.1, -0.05) is 60.7 Å². The molecule has 9 heteroatoms. The van der Waals surface area contributed by atoms with Crippen molar-refractivity contribution in [3.05, 3.63) is 141 Å². The quantitative estimate of drug-likeness (QED) is 0.122. The van der Waals surface area contributed by atoms with Crippen molar-refractivity contribution in [2.75, 3.05) is 0 Å². The van der Waals surface area contributed by atoms with Gasteiger partial charge < -0.3 is 4.74 Å². The summed E-state index contributed by atoms with van der Waals surface area (Å²) in [5.74, 6) is -3.80. The maximum absolute atomic E-state index is 13.2. The average Bonchev–Trinajstić information content (AvgIpc) is 3.03. The van der Waals surface area contributed by atoms with Crippen LogP contribution in [-0.2, 0) is 4.74 Å². The van der Waals surface area contributed by atoms with Crippen LogP contribution < -0.4 is 0 Å². The van der Waals surface area contributed by atoms with E-state index in [0.29, 0.717) is 36.3 Å². The lowest BCUT2D eigenvalue weighted by Gasteiger charge is -2.11. The molecule has 0 unspecified atom stereocenters. The molecule has 200 valence electrons. The lowest BCUT2D eigenvalue weighted by atomic mass is 9.95. The van der Waals surface area contributed by atoms with E-state index in [1.807, 2.05) is 0 Å². The number of carbonyl (C=O) groups excluding carboxylic acids is 8. The number of esters is 2. The molecule has 0 atom stereocenters. The Hall–Kier alpha value is -5.96. The predicted molar refractivity (Wildman–Crippen MR) is 144 cm³/mol. The fraction of sp³-hybridized carbons (Fsp3) is 0. The number of ether oxygens (including phenoxy) is 1. The first-order valence-electron chi connectivity index (χ1n) is 11.9. The van der Waals surface area contributed by atoms with E-state index < -0.39 is 23.5 Å². The molecule has 4 rings (SSSR count). The maximum Gasteiger partial charge on any atom is 0.346 e. The van der Waals surface area contributed by atoms with Gasteiger partial charge in [0.05, 0.1) is 11.1 Å². The molecule has 0 saturated heterocycles. The molecule has 0 heterocycles. The Bertz CT molecular complexity index is 1600. The Morgan fingerprint density at radius 1 is 0.415 bits per heavy atom. The van der Waals surface area contributed by atoms with E-state index in [4.69, 9.17) is 4.74 Å². The van der Waals surface area contributed by atoms with Gasteiger partial charge in [0, 0.05) is 44.5 Å². The molecule has 4 aromatic carbocycles. The fourth-order valence-electron chi connectivity index (χ4n) is 3.93. The largest absolute Gasteiger partial charge is 0.386 e. The third kappa shape index (κ3) is 6.04. The summed E-state index contributed by atoms with van der Waals surface area (Å²) in [6.45, 7) is 0. The van der Waals surface area contributed by atoms with Gasteiger partial charge in [-0.05, 0) is 24.3 Å². The third-order valence-corrected chi connectivity index (χ3v) is 6.09. The van der Waals surface area contributed by atoms with Gasteiger partial charge in [0.2, 0.25) is 0 Å². The lowest BCUT2D eigenvalue weighted by Crippen LogP contribution is -2.19. The van der Waals surface area contributed by atoms with Crippen LogP contribution in [0.2, 0.25) is 0 Å². The van der Waals surface area contributed by atoms with Gasteiger partial charge >= 0.3 is 11.9 Å². The van der Waals surface area contributed by atoms with Gasteiger partial charge in [0.15, 0.2) is 11.6 Å². The zero-order valence-electron chi connectivity index (χ0n) is 21.1. The summed E-state index contributed by atoms with van der Waals surface area (Å²) in [7, 11) is 0. The van der Waals surface area contributed by atoms with Gasteiger partial charge in [-0.15, -0.1) is 0 Å². The topological polar surface area (TPSA) is 146 Å². The SMILES string of the molecule is O=Cc1ccc(C(=O)c2cc(C=O)ccc2C(=O)OC(=O)c2ccc(C=O)cc2C(=O)c2ccc(C=O)cc2)cc1. The first-order valence-corrected chi connectivity index (χ1v) is 11.9. The van der Waals surface area contributed by atoms with Crippen molar-refractivity contribution in [1.29, 1.82) is 0 Å². The summed E-state index contributed by atoms with van der Waals surface area (Å²) >= 11 is 0. The van der Waals surface area contributed by atoms with E-state index in [-0.39, 0.29) is 44.5 Å². The molecule has 9 nitrogen and oxygen atoms in total. The normalized spacial score (nSPS) is 10.2. The minimum absolute atomic E-state index is 0.0821. The van der Waals surface area contributed by atoms with Crippen molar-refractivity contribution in [2.24, 2.45) is 0 Å². The molecular formula is C32H18O9. The first kappa shape index (κ1) is 28.1. The number of aldehydes is 4. The van der Waals surface area contributed by atoms with Gasteiger partial charge in [0.25, 0.3) is 0 Å². The number of rotatable bonds is 10. The third-order valence-electron chi connectivity index (χ3n) is 6.09. The molecule has 0 spiro atoms. The van der Waals surface area contributed by atoms with E-state index in [1.165, 1.54) is 72.8 Å². The molecule has 4 aromatic rings. The second-order valence-corrected chi connectivity index (χ2v) is 8.66. The highest BCUT2D eigenvalue weighted by Crippen LogP contribution is 2.22. The second kappa shape index (κ2) is 12.3. The van der Waals surface area contributed by atoms with Crippen molar-refractivity contribution in [3.63, 3.8) is 0 Å². The van der Waals surface area contributed by atoms with E-state index in [9.17, 15) is 38.4 Å². The second-order valence-electron chi connectivity index (χ2n) is 8.66. The zero-order chi connectivity index (χ0) is 29.5. The van der Waals surface area contributed by atoms with Crippen molar-refractivity contribution >= 4 is 48.6 Å². The number of ketones is 2. The highest BCUT2D eigenvalue weighted by Gasteiger charge is 2.26. The molecule has 0 fully saturated rings. The maximum atomic E-state index is 13.2. The van der Waals surface area contributed by atoms with E-state index in [1.54, 1.807) is 0 Å². The molecule has 0 amide bonds.